The van der Waals surface area contributed by atoms with Crippen molar-refractivity contribution in [3.8, 4) is 0 Å². The third-order valence-electron chi connectivity index (χ3n) is 2.26. The molecular weight excluding hydrogens is 280 g/mol. The highest BCUT2D eigenvalue weighted by atomic mass is 79.9. The van der Waals surface area contributed by atoms with E-state index in [4.69, 9.17) is 5.11 Å². The zero-order chi connectivity index (χ0) is 12.3. The lowest BCUT2D eigenvalue weighted by Crippen LogP contribution is -2.46. The summed E-state index contributed by atoms with van der Waals surface area (Å²) in [6.07, 6.45) is -0.711. The van der Waals surface area contributed by atoms with E-state index in [1.165, 1.54) is 0 Å². The Morgan fingerprint density at radius 2 is 2.19 bits per heavy atom. The van der Waals surface area contributed by atoms with Crippen LogP contribution in [0.15, 0.2) is 11.1 Å². The molecule has 0 unspecified atom stereocenters. The number of rotatable bonds is 3. The fourth-order valence-corrected chi connectivity index (χ4v) is 1.69. The number of amides is 2. The molecule has 0 saturated carbocycles. The van der Waals surface area contributed by atoms with Gasteiger partial charge >= 0.3 is 12.0 Å². The average molecular weight is 293 g/mol. The molecule has 0 aromatic carbocycles. The van der Waals surface area contributed by atoms with Crippen molar-refractivity contribution >= 4 is 27.9 Å². The van der Waals surface area contributed by atoms with Crippen molar-refractivity contribution in [1.82, 2.24) is 10.2 Å². The second kappa shape index (κ2) is 5.31. The molecule has 1 rings (SSSR count). The molecule has 2 amide bonds. The van der Waals surface area contributed by atoms with Gasteiger partial charge in [0.25, 0.3) is 0 Å². The summed E-state index contributed by atoms with van der Waals surface area (Å²) in [4.78, 5) is 23.5. The number of carbonyl (C=O) groups excluding carboxylic acids is 1. The van der Waals surface area contributed by atoms with Gasteiger partial charge in [0.15, 0.2) is 0 Å². The topological polar surface area (TPSA) is 89.9 Å². The fourth-order valence-electron chi connectivity index (χ4n) is 1.55. The molecule has 1 heterocycles. The van der Waals surface area contributed by atoms with Gasteiger partial charge in [-0.2, -0.15) is 0 Å². The second-order valence-corrected chi connectivity index (χ2v) is 4.69. The largest absolute Gasteiger partial charge is 0.480 e. The van der Waals surface area contributed by atoms with Crippen LogP contribution in [0.2, 0.25) is 0 Å². The number of hydrogen-bond donors (Lipinski definition) is 3. The normalized spacial score (nSPS) is 24.2. The molecule has 1 aliphatic rings. The highest BCUT2D eigenvalue weighted by molar-refractivity contribution is 9.11. The first kappa shape index (κ1) is 13.0. The summed E-state index contributed by atoms with van der Waals surface area (Å²) in [6, 6.07) is -1.47. The third kappa shape index (κ3) is 3.21. The molecule has 0 aromatic rings. The van der Waals surface area contributed by atoms with Crippen molar-refractivity contribution in [3.05, 3.63) is 11.1 Å². The summed E-state index contributed by atoms with van der Waals surface area (Å²) < 4.78 is 0.590. The first-order valence-electron chi connectivity index (χ1n) is 4.70. The first-order chi connectivity index (χ1) is 7.41. The summed E-state index contributed by atoms with van der Waals surface area (Å²) in [7, 11) is 0. The van der Waals surface area contributed by atoms with E-state index in [1.54, 1.807) is 0 Å². The fraction of sp³-hybridized carbons (Fsp3) is 0.556. The molecule has 0 bridgehead atoms. The van der Waals surface area contributed by atoms with Gasteiger partial charge in [-0.25, -0.2) is 9.59 Å². The number of carbonyl (C=O) groups is 2. The van der Waals surface area contributed by atoms with E-state index in [-0.39, 0.29) is 19.5 Å². The van der Waals surface area contributed by atoms with E-state index in [0.717, 1.165) is 4.90 Å². The van der Waals surface area contributed by atoms with Crippen LogP contribution in [0.1, 0.15) is 6.42 Å². The molecule has 6 nitrogen and oxygen atoms in total. The van der Waals surface area contributed by atoms with Crippen LogP contribution in [-0.2, 0) is 4.79 Å². The lowest BCUT2D eigenvalue weighted by Gasteiger charge is -2.21. The highest BCUT2D eigenvalue weighted by Gasteiger charge is 2.38. The molecule has 1 aliphatic heterocycles. The highest BCUT2D eigenvalue weighted by Crippen LogP contribution is 2.18. The SMILES string of the molecule is C=C(Br)CNC(=O)N1C[C@@H](O)C[C@H]1C(=O)O. The lowest BCUT2D eigenvalue weighted by atomic mass is 10.2. The first-order valence-corrected chi connectivity index (χ1v) is 5.49. The maximum atomic E-state index is 11.6. The van der Waals surface area contributed by atoms with E-state index in [1.807, 2.05) is 0 Å². The molecule has 0 aliphatic carbocycles. The number of aliphatic carboxylic acids is 1. The van der Waals surface area contributed by atoms with E-state index in [9.17, 15) is 14.7 Å². The van der Waals surface area contributed by atoms with Gasteiger partial charge in [0.2, 0.25) is 0 Å². The van der Waals surface area contributed by atoms with Crippen LogP contribution < -0.4 is 5.32 Å². The average Bonchev–Trinajstić information content (AvgIpc) is 2.56. The molecule has 0 spiro atoms. The van der Waals surface area contributed by atoms with E-state index in [2.05, 4.69) is 27.8 Å². The number of urea groups is 1. The van der Waals surface area contributed by atoms with Crippen molar-refractivity contribution in [1.29, 1.82) is 0 Å². The number of aliphatic hydroxyl groups is 1. The number of nitrogens with zero attached hydrogens (tertiary/aromatic N) is 1. The summed E-state index contributed by atoms with van der Waals surface area (Å²) in [5.74, 6) is -1.11. The van der Waals surface area contributed by atoms with Crippen LogP contribution in [0.4, 0.5) is 4.79 Å². The van der Waals surface area contributed by atoms with Crippen LogP contribution in [0.5, 0.6) is 0 Å². The number of nitrogens with one attached hydrogen (secondary N) is 1. The van der Waals surface area contributed by atoms with Gasteiger partial charge in [-0.05, 0) is 0 Å². The number of β-amino-alcohol motifs (C(OH)–C–C–N with tert-alkyl or cyclic N) is 1. The minimum absolute atomic E-state index is 0.0392. The molecule has 90 valence electrons. The second-order valence-electron chi connectivity index (χ2n) is 3.57. The Balaban J connectivity index is 2.59. The summed E-state index contributed by atoms with van der Waals surface area (Å²) in [5, 5.41) is 20.7. The molecule has 7 heteroatoms. The van der Waals surface area contributed by atoms with Crippen molar-refractivity contribution < 1.29 is 19.8 Å². The van der Waals surface area contributed by atoms with Gasteiger partial charge in [0, 0.05) is 17.4 Å². The minimum Gasteiger partial charge on any atom is -0.480 e. The Morgan fingerprint density at radius 1 is 1.56 bits per heavy atom. The van der Waals surface area contributed by atoms with Crippen LogP contribution >= 0.6 is 15.9 Å². The van der Waals surface area contributed by atoms with Gasteiger partial charge in [-0.15, -0.1) is 0 Å². The molecule has 1 fully saturated rings. The standard InChI is InChI=1S/C9H13BrN2O4/c1-5(10)3-11-9(16)12-4-6(13)2-7(12)8(14)15/h6-7,13H,1-4H2,(H,11,16)(H,14,15)/t6-,7-/m0/s1. The molecular formula is C9H13BrN2O4. The number of halogens is 1. The van der Waals surface area contributed by atoms with Crippen LogP contribution in [0.3, 0.4) is 0 Å². The summed E-state index contributed by atoms with van der Waals surface area (Å²) >= 11 is 3.07. The van der Waals surface area contributed by atoms with Gasteiger partial charge in [0.05, 0.1) is 12.6 Å². The van der Waals surface area contributed by atoms with Crippen molar-refractivity contribution in [2.24, 2.45) is 0 Å². The van der Waals surface area contributed by atoms with Gasteiger partial charge in [0.1, 0.15) is 6.04 Å². The van der Waals surface area contributed by atoms with Crippen molar-refractivity contribution in [2.45, 2.75) is 18.6 Å². The van der Waals surface area contributed by atoms with E-state index in [0.29, 0.717) is 4.48 Å². The molecule has 2 atom stereocenters. The maximum Gasteiger partial charge on any atom is 0.326 e. The quantitative estimate of drug-likeness (QED) is 0.689. The number of hydrogen-bond acceptors (Lipinski definition) is 3. The zero-order valence-electron chi connectivity index (χ0n) is 8.52. The maximum absolute atomic E-state index is 11.6. The predicted molar refractivity (Wildman–Crippen MR) is 60.2 cm³/mol. The van der Waals surface area contributed by atoms with Crippen molar-refractivity contribution in [3.63, 3.8) is 0 Å². The molecule has 0 radical (unpaired) electrons. The van der Waals surface area contributed by atoms with Crippen LogP contribution in [0, 0.1) is 0 Å². The zero-order valence-corrected chi connectivity index (χ0v) is 10.1. The number of carboxylic acids is 1. The van der Waals surface area contributed by atoms with Crippen molar-refractivity contribution in [2.75, 3.05) is 13.1 Å². The Bertz CT molecular complexity index is 321. The molecule has 0 aromatic heterocycles. The minimum atomic E-state index is -1.11. The van der Waals surface area contributed by atoms with Crippen LogP contribution in [-0.4, -0.2) is 52.3 Å². The molecule has 1 saturated heterocycles. The van der Waals surface area contributed by atoms with Gasteiger partial charge < -0.3 is 20.4 Å². The summed E-state index contributed by atoms with van der Waals surface area (Å²) in [6.45, 7) is 3.80. The van der Waals surface area contributed by atoms with Crippen LogP contribution in [0.25, 0.3) is 0 Å². The van der Waals surface area contributed by atoms with Gasteiger partial charge in [-0.3, -0.25) is 0 Å². The monoisotopic (exact) mass is 292 g/mol. The van der Waals surface area contributed by atoms with Gasteiger partial charge in [-0.1, -0.05) is 22.5 Å². The van der Waals surface area contributed by atoms with E-state index >= 15 is 0 Å². The Kier molecular flexibility index (Phi) is 4.31. The lowest BCUT2D eigenvalue weighted by molar-refractivity contribution is -0.141. The predicted octanol–water partition coefficient (Wildman–Crippen LogP) is 0.124. The Morgan fingerprint density at radius 3 is 2.69 bits per heavy atom. The Labute approximate surface area is 101 Å². The molecule has 16 heavy (non-hydrogen) atoms. The number of carboxylic acid groups (broad SMARTS) is 1. The third-order valence-corrected chi connectivity index (χ3v) is 2.54. The Hall–Kier alpha value is -1.08. The number of likely N-dealkylation sites (tertiary alicyclic amines) is 1. The van der Waals surface area contributed by atoms with E-state index < -0.39 is 24.1 Å². The summed E-state index contributed by atoms with van der Waals surface area (Å²) in [5.41, 5.74) is 0. The molecule has 3 N–H and O–H groups in total. The smallest absolute Gasteiger partial charge is 0.326 e. The number of aliphatic hydroxyl groups excluding tert-OH is 1.